The molecule has 3 heteroatoms. The molecule has 0 aliphatic heterocycles. The summed E-state index contributed by atoms with van der Waals surface area (Å²) in [5, 5.41) is 0. The maximum absolute atomic E-state index is 12.1. The molecule has 0 saturated heterocycles. The Morgan fingerprint density at radius 3 is 2.08 bits per heavy atom. The summed E-state index contributed by atoms with van der Waals surface area (Å²) in [7, 11) is 0. The highest BCUT2D eigenvalue weighted by Gasteiger charge is 2.72. The van der Waals surface area contributed by atoms with Crippen molar-refractivity contribution in [3.05, 3.63) is 0 Å². The van der Waals surface area contributed by atoms with Crippen LogP contribution < -0.4 is 0 Å². The standard InChI is InChI=1S/C10H14Br2O/c1-8(2)7(13)10(12)5-4-9(8,3)6(10)11/h6H,4-5H2,1-3H3. The van der Waals surface area contributed by atoms with Crippen LogP contribution in [-0.2, 0) is 4.79 Å². The van der Waals surface area contributed by atoms with Gasteiger partial charge in [-0.05, 0) is 18.3 Å². The number of hydrogen-bond donors (Lipinski definition) is 0. The number of hydrogen-bond acceptors (Lipinski definition) is 1. The van der Waals surface area contributed by atoms with Gasteiger partial charge in [0.15, 0.2) is 5.78 Å². The van der Waals surface area contributed by atoms with E-state index < -0.39 is 0 Å². The third-order valence-electron chi connectivity index (χ3n) is 4.34. The van der Waals surface area contributed by atoms with Crippen LogP contribution in [0, 0.1) is 10.8 Å². The second-order valence-corrected chi connectivity index (χ2v) is 7.43. The van der Waals surface area contributed by atoms with E-state index >= 15 is 0 Å². The zero-order valence-electron chi connectivity index (χ0n) is 8.16. The Labute approximate surface area is 95.9 Å². The summed E-state index contributed by atoms with van der Waals surface area (Å²) >= 11 is 7.32. The van der Waals surface area contributed by atoms with Gasteiger partial charge in [0.25, 0.3) is 0 Å². The largest absolute Gasteiger partial charge is 0.297 e. The van der Waals surface area contributed by atoms with Gasteiger partial charge in [0.1, 0.15) is 0 Å². The Kier molecular flexibility index (Phi) is 1.88. The first-order chi connectivity index (χ1) is 5.77. The number of ketones is 1. The quantitative estimate of drug-likeness (QED) is 0.628. The SMILES string of the molecule is CC1(C)C(=O)C2(Br)CCC1(C)C2Br. The molecular weight excluding hydrogens is 296 g/mol. The van der Waals surface area contributed by atoms with Gasteiger partial charge in [0.05, 0.1) is 4.32 Å². The second-order valence-electron chi connectivity index (χ2n) is 5.10. The molecule has 2 bridgehead atoms. The van der Waals surface area contributed by atoms with E-state index in [0.29, 0.717) is 5.78 Å². The molecule has 0 amide bonds. The van der Waals surface area contributed by atoms with Gasteiger partial charge in [-0.3, -0.25) is 4.79 Å². The Hall–Kier alpha value is 0.630. The van der Waals surface area contributed by atoms with Gasteiger partial charge >= 0.3 is 0 Å². The minimum Gasteiger partial charge on any atom is -0.297 e. The third kappa shape index (κ3) is 0.865. The molecule has 0 N–H and O–H groups in total. The number of carbonyl (C=O) groups excluding carboxylic acids is 1. The van der Waals surface area contributed by atoms with Gasteiger partial charge in [-0.25, -0.2) is 0 Å². The molecule has 1 nitrogen and oxygen atoms in total. The topological polar surface area (TPSA) is 17.1 Å². The molecule has 0 aromatic rings. The van der Waals surface area contributed by atoms with E-state index in [1.807, 2.05) is 0 Å². The summed E-state index contributed by atoms with van der Waals surface area (Å²) in [5.74, 6) is 0.371. The minimum atomic E-state index is -0.286. The normalized spacial score (nSPS) is 53.0. The monoisotopic (exact) mass is 308 g/mol. The van der Waals surface area contributed by atoms with Gasteiger partial charge in [0.2, 0.25) is 0 Å². The Balaban J connectivity index is 2.59. The number of Topliss-reactive ketones (excluding diaryl/α,β-unsaturated/α-hetero) is 1. The second kappa shape index (κ2) is 2.41. The van der Waals surface area contributed by atoms with E-state index in [4.69, 9.17) is 0 Å². The fourth-order valence-electron chi connectivity index (χ4n) is 2.84. The molecule has 3 atom stereocenters. The highest BCUT2D eigenvalue weighted by molar-refractivity contribution is 9.13. The summed E-state index contributed by atoms with van der Waals surface area (Å²) in [6.07, 6.45) is 2.11. The van der Waals surface area contributed by atoms with Crippen molar-refractivity contribution in [3.63, 3.8) is 0 Å². The van der Waals surface area contributed by atoms with Gasteiger partial charge in [-0.1, -0.05) is 52.6 Å². The number of carbonyl (C=O) groups is 1. The van der Waals surface area contributed by atoms with Crippen LogP contribution in [-0.4, -0.2) is 14.9 Å². The van der Waals surface area contributed by atoms with E-state index in [-0.39, 0.29) is 20.0 Å². The van der Waals surface area contributed by atoms with Crippen molar-refractivity contribution < 1.29 is 4.79 Å². The van der Waals surface area contributed by atoms with Crippen molar-refractivity contribution in [2.24, 2.45) is 10.8 Å². The molecule has 74 valence electrons. The summed E-state index contributed by atoms with van der Waals surface area (Å²) in [6.45, 7) is 6.37. The van der Waals surface area contributed by atoms with Crippen LogP contribution in [0.25, 0.3) is 0 Å². The first-order valence-corrected chi connectivity index (χ1v) is 6.35. The first kappa shape index (κ1) is 10.2. The van der Waals surface area contributed by atoms with Gasteiger partial charge in [0, 0.05) is 10.2 Å². The Morgan fingerprint density at radius 1 is 1.31 bits per heavy atom. The molecule has 2 saturated carbocycles. The van der Waals surface area contributed by atoms with E-state index in [9.17, 15) is 4.79 Å². The molecule has 2 aliphatic carbocycles. The van der Waals surface area contributed by atoms with E-state index in [2.05, 4.69) is 52.6 Å². The lowest BCUT2D eigenvalue weighted by atomic mass is 9.66. The maximum Gasteiger partial charge on any atom is 0.156 e. The lowest BCUT2D eigenvalue weighted by molar-refractivity contribution is -0.131. The van der Waals surface area contributed by atoms with Crippen LogP contribution in [0.3, 0.4) is 0 Å². The highest BCUT2D eigenvalue weighted by Crippen LogP contribution is 2.68. The Morgan fingerprint density at radius 2 is 1.85 bits per heavy atom. The lowest BCUT2D eigenvalue weighted by Crippen LogP contribution is -2.41. The predicted molar refractivity (Wildman–Crippen MR) is 60.5 cm³/mol. The number of alkyl halides is 2. The van der Waals surface area contributed by atoms with Gasteiger partial charge in [-0.15, -0.1) is 0 Å². The molecule has 13 heavy (non-hydrogen) atoms. The summed E-state index contributed by atoms with van der Waals surface area (Å²) < 4.78 is -0.286. The van der Waals surface area contributed by atoms with Crippen molar-refractivity contribution >= 4 is 37.6 Å². The van der Waals surface area contributed by atoms with Crippen LogP contribution in [0.15, 0.2) is 0 Å². The maximum atomic E-state index is 12.1. The summed E-state index contributed by atoms with van der Waals surface area (Å²) in [5.41, 5.74) is -0.0729. The number of rotatable bonds is 0. The van der Waals surface area contributed by atoms with Crippen molar-refractivity contribution in [1.82, 2.24) is 0 Å². The molecule has 0 aromatic carbocycles. The number of halogens is 2. The van der Waals surface area contributed by atoms with Gasteiger partial charge in [-0.2, -0.15) is 0 Å². The number of fused-ring (bicyclic) bond motifs is 2. The third-order valence-corrected chi connectivity index (χ3v) is 7.96. The average Bonchev–Trinajstić information content (AvgIpc) is 2.34. The predicted octanol–water partition coefficient (Wildman–Crippen LogP) is 3.29. The molecule has 2 rings (SSSR count). The summed E-state index contributed by atoms with van der Waals surface area (Å²) in [4.78, 5) is 12.4. The Bertz CT molecular complexity index is 280. The molecule has 0 radical (unpaired) electrons. The lowest BCUT2D eigenvalue weighted by Gasteiger charge is -2.38. The molecule has 3 unspecified atom stereocenters. The molecule has 0 heterocycles. The van der Waals surface area contributed by atoms with Crippen molar-refractivity contribution in [2.75, 3.05) is 0 Å². The van der Waals surface area contributed by atoms with E-state index in [0.717, 1.165) is 12.8 Å². The summed E-state index contributed by atoms with van der Waals surface area (Å²) in [6, 6.07) is 0. The van der Waals surface area contributed by atoms with Crippen molar-refractivity contribution in [2.45, 2.75) is 42.8 Å². The first-order valence-electron chi connectivity index (χ1n) is 4.65. The fourth-order valence-corrected chi connectivity index (χ4v) is 5.27. The van der Waals surface area contributed by atoms with E-state index in [1.165, 1.54) is 0 Å². The van der Waals surface area contributed by atoms with Crippen LogP contribution in [0.4, 0.5) is 0 Å². The molecule has 0 aromatic heterocycles. The zero-order chi connectivity index (χ0) is 10.1. The fraction of sp³-hybridized carbons (Fsp3) is 0.900. The van der Waals surface area contributed by atoms with Crippen LogP contribution in [0.5, 0.6) is 0 Å². The van der Waals surface area contributed by atoms with Crippen LogP contribution in [0.1, 0.15) is 33.6 Å². The minimum absolute atomic E-state index is 0.119. The van der Waals surface area contributed by atoms with Crippen molar-refractivity contribution in [3.8, 4) is 0 Å². The zero-order valence-corrected chi connectivity index (χ0v) is 11.3. The molecule has 2 aliphatic rings. The van der Waals surface area contributed by atoms with Gasteiger partial charge < -0.3 is 0 Å². The highest BCUT2D eigenvalue weighted by atomic mass is 79.9. The van der Waals surface area contributed by atoms with Crippen molar-refractivity contribution in [1.29, 1.82) is 0 Å². The average molecular weight is 310 g/mol. The molecule has 2 fully saturated rings. The molecular formula is C10H14Br2O. The van der Waals surface area contributed by atoms with E-state index in [1.54, 1.807) is 0 Å². The van der Waals surface area contributed by atoms with Crippen LogP contribution >= 0.6 is 31.9 Å². The van der Waals surface area contributed by atoms with Crippen LogP contribution in [0.2, 0.25) is 0 Å². The molecule has 0 spiro atoms. The smallest absolute Gasteiger partial charge is 0.156 e.